The van der Waals surface area contributed by atoms with Crippen LogP contribution in [0.15, 0.2) is 48.8 Å². The Balaban J connectivity index is 1.75. The first-order valence-electron chi connectivity index (χ1n) is 9.44. The average Bonchev–Trinajstić information content (AvgIpc) is 3.11. The smallest absolute Gasteiger partial charge is 0.373 e. The van der Waals surface area contributed by atoms with E-state index in [9.17, 15) is 0 Å². The number of hydrogen-bond donors (Lipinski definition) is 0. The van der Waals surface area contributed by atoms with Crippen LogP contribution in [0.4, 0.5) is 5.69 Å². The van der Waals surface area contributed by atoms with Crippen LogP contribution < -0.4 is 10.1 Å². The Bertz CT molecular complexity index is 833. The summed E-state index contributed by atoms with van der Waals surface area (Å²) in [4.78, 5) is 4.61. The van der Waals surface area contributed by atoms with Gasteiger partial charge in [0.2, 0.25) is 0 Å². The molecule has 0 fully saturated rings. The van der Waals surface area contributed by atoms with Gasteiger partial charge in [-0.05, 0) is 37.5 Å². The van der Waals surface area contributed by atoms with E-state index in [0.717, 1.165) is 18.4 Å². The number of hydrogen-bond acceptors (Lipinski definition) is 5. The van der Waals surface area contributed by atoms with Gasteiger partial charge in [0.15, 0.2) is 0 Å². The molecular weight excluding hydrogens is 368 g/mol. The molecule has 0 amide bonds. The van der Waals surface area contributed by atoms with Gasteiger partial charge in [0.1, 0.15) is 0 Å². The number of benzene rings is 2. The van der Waals surface area contributed by atoms with Crippen LogP contribution >= 0.6 is 0 Å². The molecule has 2 aromatic rings. The highest BCUT2D eigenvalue weighted by atomic mass is 28.4. The molecule has 0 radical (unpaired) electrons. The van der Waals surface area contributed by atoms with E-state index < -0.39 is 8.80 Å². The second-order valence-electron chi connectivity index (χ2n) is 7.27. The van der Waals surface area contributed by atoms with E-state index in [1.54, 1.807) is 21.3 Å². The molecule has 1 heterocycles. The molecule has 3 rings (SSSR count). The molecule has 6 heteroatoms. The Kier molecular flexibility index (Phi) is 6.25. The minimum Gasteiger partial charge on any atom is -0.373 e. The second-order valence-corrected chi connectivity index (χ2v) is 10.2. The van der Waals surface area contributed by atoms with E-state index in [1.165, 1.54) is 27.9 Å². The maximum atomic E-state index is 5.62. The van der Waals surface area contributed by atoms with E-state index in [1.807, 2.05) is 12.1 Å². The van der Waals surface area contributed by atoms with Crippen molar-refractivity contribution < 1.29 is 13.3 Å². The summed E-state index contributed by atoms with van der Waals surface area (Å²) >= 11 is 0. The molecule has 5 nitrogen and oxygen atoms in total. The normalized spacial score (nSPS) is 14.2. The molecule has 0 unspecified atom stereocenters. The van der Waals surface area contributed by atoms with Gasteiger partial charge in [-0.1, -0.05) is 42.0 Å². The van der Waals surface area contributed by atoms with Crippen LogP contribution in [0.2, 0.25) is 0 Å². The van der Waals surface area contributed by atoms with Gasteiger partial charge in [-0.2, -0.15) is 0 Å². The molecule has 0 aromatic heterocycles. The van der Waals surface area contributed by atoms with Crippen molar-refractivity contribution in [3.63, 3.8) is 0 Å². The summed E-state index contributed by atoms with van der Waals surface area (Å²) in [5, 5.41) is 0.975. The van der Waals surface area contributed by atoms with Crippen molar-refractivity contribution in [2.75, 3.05) is 32.9 Å². The first kappa shape index (κ1) is 20.6. The topological polar surface area (TPSA) is 34.2 Å². The molecule has 150 valence electrons. The van der Waals surface area contributed by atoms with Crippen LogP contribution in [-0.4, -0.2) is 41.7 Å². The van der Waals surface area contributed by atoms with Crippen LogP contribution in [0.5, 0.6) is 0 Å². The Labute approximate surface area is 169 Å². The first-order chi connectivity index (χ1) is 13.4. The Morgan fingerprint density at radius 3 is 2.14 bits per heavy atom. The highest BCUT2D eigenvalue weighted by Gasteiger charge is 2.40. The average molecular weight is 399 g/mol. The minimum absolute atomic E-state index is 0.812. The lowest BCUT2D eigenvalue weighted by atomic mass is 10.0. The zero-order valence-corrected chi connectivity index (χ0v) is 18.7. The fourth-order valence-electron chi connectivity index (χ4n) is 4.04. The summed E-state index contributed by atoms with van der Waals surface area (Å²) in [5.41, 5.74) is 6.41. The van der Waals surface area contributed by atoms with Crippen LogP contribution in [0.1, 0.15) is 22.3 Å². The van der Waals surface area contributed by atoms with Gasteiger partial charge in [0.05, 0.1) is 6.67 Å². The SMILES string of the molecule is CO[Si](OC)(OC)c1cccc(CN2C=CN(c3c(C)cc(C)cc3C)C2)c1. The lowest BCUT2D eigenvalue weighted by Gasteiger charge is -2.26. The highest BCUT2D eigenvalue weighted by molar-refractivity contribution is 6.75. The molecule has 0 bridgehead atoms. The summed E-state index contributed by atoms with van der Waals surface area (Å²) in [6, 6.07) is 12.8. The molecule has 0 saturated heterocycles. The maximum Gasteiger partial charge on any atom is 0.536 e. The van der Waals surface area contributed by atoms with Gasteiger partial charge in [-0.25, -0.2) is 0 Å². The van der Waals surface area contributed by atoms with E-state index in [4.69, 9.17) is 13.3 Å². The summed E-state index contributed by atoms with van der Waals surface area (Å²) in [7, 11) is 2.10. The predicted molar refractivity (Wildman–Crippen MR) is 116 cm³/mol. The van der Waals surface area contributed by atoms with Crippen molar-refractivity contribution >= 4 is 19.7 Å². The van der Waals surface area contributed by atoms with Gasteiger partial charge in [-0.15, -0.1) is 0 Å². The second kappa shape index (κ2) is 8.49. The maximum absolute atomic E-state index is 5.62. The zero-order valence-electron chi connectivity index (χ0n) is 17.7. The Morgan fingerprint density at radius 2 is 1.54 bits per heavy atom. The molecule has 0 atom stereocenters. The molecule has 2 aromatic carbocycles. The Morgan fingerprint density at radius 1 is 0.893 bits per heavy atom. The molecule has 1 aliphatic rings. The lowest BCUT2D eigenvalue weighted by molar-refractivity contribution is 0.140. The van der Waals surface area contributed by atoms with Crippen LogP contribution in [0.25, 0.3) is 0 Å². The van der Waals surface area contributed by atoms with Crippen molar-refractivity contribution in [2.24, 2.45) is 0 Å². The zero-order chi connectivity index (χ0) is 20.3. The summed E-state index contributed by atoms with van der Waals surface area (Å²) < 4.78 is 16.9. The first-order valence-corrected chi connectivity index (χ1v) is 11.2. The van der Waals surface area contributed by atoms with Crippen molar-refractivity contribution in [3.8, 4) is 0 Å². The van der Waals surface area contributed by atoms with Crippen LogP contribution in [0.3, 0.4) is 0 Å². The molecule has 0 N–H and O–H groups in total. The summed E-state index contributed by atoms with van der Waals surface area (Å²) in [5.74, 6) is 0. The third-order valence-corrected chi connectivity index (χ3v) is 7.82. The third-order valence-electron chi connectivity index (χ3n) is 5.19. The van der Waals surface area contributed by atoms with E-state index in [0.29, 0.717) is 0 Å². The van der Waals surface area contributed by atoms with Crippen LogP contribution in [0, 0.1) is 20.8 Å². The summed E-state index contributed by atoms with van der Waals surface area (Å²) in [6.45, 7) is 8.15. The predicted octanol–water partition coefficient (Wildman–Crippen LogP) is 3.45. The lowest BCUT2D eigenvalue weighted by Crippen LogP contribution is -2.54. The quantitative estimate of drug-likeness (QED) is 0.668. The Hall–Kier alpha value is -2.12. The minimum atomic E-state index is -2.81. The van der Waals surface area contributed by atoms with Crippen molar-refractivity contribution in [1.82, 2.24) is 4.90 Å². The molecule has 0 saturated carbocycles. The van der Waals surface area contributed by atoms with Gasteiger partial charge in [-0.3, -0.25) is 0 Å². The van der Waals surface area contributed by atoms with Gasteiger partial charge >= 0.3 is 8.80 Å². The molecule has 0 spiro atoms. The van der Waals surface area contributed by atoms with E-state index >= 15 is 0 Å². The molecule has 28 heavy (non-hydrogen) atoms. The fraction of sp³-hybridized carbons (Fsp3) is 0.364. The number of aryl methyl sites for hydroxylation is 3. The van der Waals surface area contributed by atoms with Crippen molar-refractivity contribution in [2.45, 2.75) is 27.3 Å². The fourth-order valence-corrected chi connectivity index (χ4v) is 5.91. The largest absolute Gasteiger partial charge is 0.536 e. The van der Waals surface area contributed by atoms with E-state index in [2.05, 4.69) is 67.2 Å². The molecule has 1 aliphatic heterocycles. The van der Waals surface area contributed by atoms with E-state index in [-0.39, 0.29) is 0 Å². The monoisotopic (exact) mass is 398 g/mol. The van der Waals surface area contributed by atoms with Crippen molar-refractivity contribution in [1.29, 1.82) is 0 Å². The number of rotatable bonds is 7. The third kappa shape index (κ3) is 4.00. The standard InChI is InChI=1S/C22H30N2O3Si/c1-17-12-18(2)22(19(3)13-17)24-11-10-23(16-24)15-20-8-7-9-21(14-20)28(25-4,26-5)27-6/h7-14H,15-16H2,1-6H3. The van der Waals surface area contributed by atoms with Crippen molar-refractivity contribution in [3.05, 3.63) is 71.1 Å². The number of nitrogens with zero attached hydrogens (tertiary/aromatic N) is 2. The highest BCUT2D eigenvalue weighted by Crippen LogP contribution is 2.29. The van der Waals surface area contributed by atoms with Gasteiger partial charge < -0.3 is 23.1 Å². The molecular formula is C22H30N2O3Si. The summed E-state index contributed by atoms with van der Waals surface area (Å²) in [6.07, 6.45) is 4.31. The van der Waals surface area contributed by atoms with Gasteiger partial charge in [0, 0.05) is 51.1 Å². The number of anilines is 1. The molecule has 0 aliphatic carbocycles. The van der Waals surface area contributed by atoms with Gasteiger partial charge in [0.25, 0.3) is 0 Å². The van der Waals surface area contributed by atoms with Crippen LogP contribution in [-0.2, 0) is 19.8 Å².